The molecule has 0 saturated heterocycles. The van der Waals surface area contributed by atoms with Gasteiger partial charge in [0.25, 0.3) is 5.91 Å². The van der Waals surface area contributed by atoms with Crippen molar-refractivity contribution in [2.24, 2.45) is 11.8 Å². The van der Waals surface area contributed by atoms with Gasteiger partial charge in [-0.05, 0) is 31.2 Å². The fraction of sp³-hybridized carbons (Fsp3) is 0.591. The molecule has 2 heterocycles. The summed E-state index contributed by atoms with van der Waals surface area (Å²) in [4.78, 5) is 28.4. The summed E-state index contributed by atoms with van der Waals surface area (Å²) in [6, 6.07) is 1.85. The van der Waals surface area contributed by atoms with Crippen molar-refractivity contribution in [3.63, 3.8) is 0 Å². The van der Waals surface area contributed by atoms with Crippen LogP contribution < -0.4 is 5.32 Å². The Hall–Kier alpha value is -2.15. The minimum Gasteiger partial charge on any atom is -0.476 e. The van der Waals surface area contributed by atoms with E-state index >= 15 is 0 Å². The first kappa shape index (κ1) is 23.1. The number of nitrogens with one attached hydrogen (secondary N) is 1. The highest BCUT2D eigenvalue weighted by Crippen LogP contribution is 2.28. The van der Waals surface area contributed by atoms with E-state index < -0.39 is 5.97 Å². The molecule has 1 atom stereocenters. The standard InChI is InChI=1S/C22H33N3O3S/c1-6-8-9-16(7-2)11-23-20(26)17-10-19(25(15(17)5)12-14(3)4)18-13-29-21(24-18)22(27)28/h10,13-14,16H,6-9,11-12H2,1-5H3,(H,23,26)(H,27,28). The van der Waals surface area contributed by atoms with Crippen molar-refractivity contribution in [1.29, 1.82) is 0 Å². The van der Waals surface area contributed by atoms with Crippen LogP contribution in [0, 0.1) is 18.8 Å². The molecule has 0 bridgehead atoms. The molecule has 2 rings (SSSR count). The van der Waals surface area contributed by atoms with Gasteiger partial charge in [-0.25, -0.2) is 9.78 Å². The number of rotatable bonds is 11. The van der Waals surface area contributed by atoms with Gasteiger partial charge in [-0.15, -0.1) is 11.3 Å². The van der Waals surface area contributed by atoms with Gasteiger partial charge in [0.15, 0.2) is 0 Å². The van der Waals surface area contributed by atoms with Crippen molar-refractivity contribution in [1.82, 2.24) is 14.9 Å². The van der Waals surface area contributed by atoms with Gasteiger partial charge in [0.2, 0.25) is 5.01 Å². The fourth-order valence-corrected chi connectivity index (χ4v) is 4.10. The summed E-state index contributed by atoms with van der Waals surface area (Å²) < 4.78 is 2.08. The highest BCUT2D eigenvalue weighted by Gasteiger charge is 2.22. The summed E-state index contributed by atoms with van der Waals surface area (Å²) in [5, 5.41) is 14.1. The Kier molecular flexibility index (Phi) is 8.44. The van der Waals surface area contributed by atoms with E-state index in [0.717, 1.165) is 48.5 Å². The second-order valence-corrected chi connectivity index (χ2v) is 8.86. The number of hydrogen-bond acceptors (Lipinski definition) is 4. The minimum atomic E-state index is -1.03. The molecule has 0 aliphatic rings. The number of carbonyl (C=O) groups is 2. The highest BCUT2D eigenvalue weighted by molar-refractivity contribution is 7.11. The molecule has 0 aliphatic heterocycles. The second-order valence-electron chi connectivity index (χ2n) is 8.00. The minimum absolute atomic E-state index is 0.0580. The summed E-state index contributed by atoms with van der Waals surface area (Å²) in [5.41, 5.74) is 2.92. The van der Waals surface area contributed by atoms with Crippen LogP contribution in [-0.2, 0) is 6.54 Å². The Bertz CT molecular complexity index is 838. The maximum Gasteiger partial charge on any atom is 0.365 e. The number of thiazole rings is 1. The summed E-state index contributed by atoms with van der Waals surface area (Å²) in [7, 11) is 0. The van der Waals surface area contributed by atoms with Gasteiger partial charge in [0.1, 0.15) is 0 Å². The number of nitrogens with zero attached hydrogens (tertiary/aromatic N) is 2. The van der Waals surface area contributed by atoms with E-state index in [1.54, 1.807) is 5.38 Å². The van der Waals surface area contributed by atoms with Gasteiger partial charge in [-0.2, -0.15) is 0 Å². The molecule has 2 N–H and O–H groups in total. The number of unbranched alkanes of at least 4 members (excludes halogenated alkanes) is 1. The van der Waals surface area contributed by atoms with Gasteiger partial charge < -0.3 is 15.0 Å². The van der Waals surface area contributed by atoms with Crippen molar-refractivity contribution < 1.29 is 14.7 Å². The monoisotopic (exact) mass is 419 g/mol. The van der Waals surface area contributed by atoms with E-state index in [9.17, 15) is 14.7 Å². The first-order chi connectivity index (χ1) is 13.8. The van der Waals surface area contributed by atoms with Crippen LogP contribution in [0.1, 0.15) is 79.2 Å². The molecular weight excluding hydrogens is 386 g/mol. The topological polar surface area (TPSA) is 84.2 Å². The zero-order valence-corrected chi connectivity index (χ0v) is 18.9. The van der Waals surface area contributed by atoms with E-state index in [0.29, 0.717) is 29.6 Å². The lowest BCUT2D eigenvalue weighted by atomic mass is 9.99. The Morgan fingerprint density at radius 3 is 2.59 bits per heavy atom. The van der Waals surface area contributed by atoms with Crippen LogP contribution in [-0.4, -0.2) is 33.1 Å². The summed E-state index contributed by atoms with van der Waals surface area (Å²) in [5.74, 6) is -0.231. The lowest BCUT2D eigenvalue weighted by Crippen LogP contribution is -2.29. The summed E-state index contributed by atoms with van der Waals surface area (Å²) in [6.45, 7) is 11.9. The van der Waals surface area contributed by atoms with Crippen LogP contribution in [0.2, 0.25) is 0 Å². The van der Waals surface area contributed by atoms with E-state index in [2.05, 4.69) is 42.6 Å². The SMILES string of the molecule is CCCCC(CC)CNC(=O)c1cc(-c2csc(C(=O)O)n2)n(CC(C)C)c1C. The maximum atomic E-state index is 12.9. The molecule has 2 aromatic rings. The number of hydrogen-bond donors (Lipinski definition) is 2. The van der Waals surface area contributed by atoms with E-state index in [4.69, 9.17) is 0 Å². The first-order valence-corrected chi connectivity index (χ1v) is 11.3. The fourth-order valence-electron chi connectivity index (χ4n) is 3.45. The number of aromatic nitrogens is 2. The van der Waals surface area contributed by atoms with E-state index in [1.807, 2.05) is 13.0 Å². The Morgan fingerprint density at radius 1 is 1.31 bits per heavy atom. The van der Waals surface area contributed by atoms with Crippen molar-refractivity contribution in [2.45, 2.75) is 66.8 Å². The molecule has 2 aromatic heterocycles. The molecule has 6 nitrogen and oxygen atoms in total. The smallest absolute Gasteiger partial charge is 0.365 e. The lowest BCUT2D eigenvalue weighted by Gasteiger charge is -2.16. The Labute approximate surface area is 177 Å². The van der Waals surface area contributed by atoms with E-state index in [-0.39, 0.29) is 10.9 Å². The number of carbonyl (C=O) groups excluding carboxylic acids is 1. The molecule has 0 saturated carbocycles. The van der Waals surface area contributed by atoms with Crippen molar-refractivity contribution >= 4 is 23.2 Å². The third-order valence-corrected chi connectivity index (χ3v) is 6.03. The number of aromatic carboxylic acids is 1. The molecule has 0 radical (unpaired) electrons. The molecule has 160 valence electrons. The molecule has 0 spiro atoms. The molecule has 1 amide bonds. The average Bonchev–Trinajstić information content (AvgIpc) is 3.27. The zero-order chi connectivity index (χ0) is 21.6. The molecule has 7 heteroatoms. The summed E-state index contributed by atoms with van der Waals surface area (Å²) >= 11 is 1.10. The third kappa shape index (κ3) is 5.92. The number of carboxylic acids is 1. The molecular formula is C22H33N3O3S. The number of carboxylic acid groups (broad SMARTS) is 1. The van der Waals surface area contributed by atoms with Crippen molar-refractivity contribution in [3.8, 4) is 11.4 Å². The first-order valence-electron chi connectivity index (χ1n) is 10.5. The molecule has 0 fully saturated rings. The predicted octanol–water partition coefficient (Wildman–Crippen LogP) is 5.22. The highest BCUT2D eigenvalue weighted by atomic mass is 32.1. The molecule has 29 heavy (non-hydrogen) atoms. The van der Waals surface area contributed by atoms with Gasteiger partial charge in [-0.1, -0.05) is 47.0 Å². The largest absolute Gasteiger partial charge is 0.476 e. The van der Waals surface area contributed by atoms with Crippen LogP contribution in [0.25, 0.3) is 11.4 Å². The van der Waals surface area contributed by atoms with Gasteiger partial charge in [-0.3, -0.25) is 4.79 Å². The van der Waals surface area contributed by atoms with Crippen molar-refractivity contribution in [3.05, 3.63) is 27.7 Å². The maximum absolute atomic E-state index is 12.9. The lowest BCUT2D eigenvalue weighted by molar-refractivity contribution is 0.0696. The van der Waals surface area contributed by atoms with Crippen LogP contribution in [0.4, 0.5) is 0 Å². The van der Waals surface area contributed by atoms with Crippen molar-refractivity contribution in [2.75, 3.05) is 6.54 Å². The number of amides is 1. The quantitative estimate of drug-likeness (QED) is 0.523. The normalized spacial score (nSPS) is 12.3. The van der Waals surface area contributed by atoms with Crippen LogP contribution in [0.5, 0.6) is 0 Å². The Morgan fingerprint density at radius 2 is 2.03 bits per heavy atom. The summed E-state index contributed by atoms with van der Waals surface area (Å²) in [6.07, 6.45) is 4.52. The molecule has 0 aliphatic carbocycles. The van der Waals surface area contributed by atoms with E-state index in [1.165, 1.54) is 6.42 Å². The second kappa shape index (κ2) is 10.6. The van der Waals surface area contributed by atoms with Crippen LogP contribution in [0.3, 0.4) is 0 Å². The van der Waals surface area contributed by atoms with Crippen LogP contribution >= 0.6 is 11.3 Å². The van der Waals surface area contributed by atoms with Gasteiger partial charge in [0, 0.05) is 24.2 Å². The predicted molar refractivity (Wildman–Crippen MR) is 118 cm³/mol. The molecule has 1 unspecified atom stereocenters. The molecule has 0 aromatic carbocycles. The van der Waals surface area contributed by atoms with Crippen LogP contribution in [0.15, 0.2) is 11.4 Å². The zero-order valence-electron chi connectivity index (χ0n) is 18.1. The van der Waals surface area contributed by atoms with Gasteiger partial charge >= 0.3 is 5.97 Å². The van der Waals surface area contributed by atoms with Gasteiger partial charge in [0.05, 0.1) is 17.0 Å². The average molecular weight is 420 g/mol. The third-order valence-electron chi connectivity index (χ3n) is 5.20. The Balaban J connectivity index is 2.28.